The van der Waals surface area contributed by atoms with E-state index < -0.39 is 5.54 Å². The van der Waals surface area contributed by atoms with Gasteiger partial charge in [-0.3, -0.25) is 14.6 Å². The molecule has 0 saturated carbocycles. The second-order valence-electron chi connectivity index (χ2n) is 6.00. The van der Waals surface area contributed by atoms with Crippen LogP contribution in [-0.2, 0) is 16.1 Å². The van der Waals surface area contributed by atoms with Crippen molar-refractivity contribution >= 4 is 22.7 Å². The molecule has 0 bridgehead atoms. The van der Waals surface area contributed by atoms with Gasteiger partial charge in [0.2, 0.25) is 11.8 Å². The fraction of sp³-hybridized carbons (Fsp3) is 0.353. The molecule has 2 rings (SSSR count). The first kappa shape index (κ1) is 15.9. The molecule has 0 atom stereocenters. The van der Waals surface area contributed by atoms with Crippen LogP contribution >= 0.6 is 0 Å². The zero-order valence-corrected chi connectivity index (χ0v) is 13.4. The summed E-state index contributed by atoms with van der Waals surface area (Å²) in [5.41, 5.74) is 1.03. The summed E-state index contributed by atoms with van der Waals surface area (Å²) in [6, 6.07) is 9.82. The molecule has 0 aliphatic heterocycles. The summed E-state index contributed by atoms with van der Waals surface area (Å²) in [7, 11) is 1.74. The van der Waals surface area contributed by atoms with E-state index in [0.717, 1.165) is 16.5 Å². The van der Waals surface area contributed by atoms with Crippen molar-refractivity contribution < 1.29 is 9.59 Å². The Hall–Kier alpha value is -2.43. The molecule has 0 fully saturated rings. The molecule has 0 unspecified atom stereocenters. The number of amides is 2. The SMILES string of the molecule is CC(=O)NC(C)(C)C(=O)N(C)Cc1ccc2ncccc2c1. The third kappa shape index (κ3) is 3.61. The first-order valence-electron chi connectivity index (χ1n) is 7.17. The van der Waals surface area contributed by atoms with E-state index in [1.807, 2.05) is 30.3 Å². The van der Waals surface area contributed by atoms with Gasteiger partial charge in [-0.2, -0.15) is 0 Å². The van der Waals surface area contributed by atoms with Gasteiger partial charge in [0.25, 0.3) is 0 Å². The van der Waals surface area contributed by atoms with Crippen molar-refractivity contribution in [3.05, 3.63) is 42.1 Å². The highest BCUT2D eigenvalue weighted by Gasteiger charge is 2.31. The maximum Gasteiger partial charge on any atom is 0.247 e. The van der Waals surface area contributed by atoms with Crippen LogP contribution in [0, 0.1) is 0 Å². The highest BCUT2D eigenvalue weighted by Crippen LogP contribution is 2.16. The van der Waals surface area contributed by atoms with E-state index >= 15 is 0 Å². The van der Waals surface area contributed by atoms with Gasteiger partial charge in [-0.25, -0.2) is 0 Å². The largest absolute Gasteiger partial charge is 0.342 e. The Labute approximate surface area is 130 Å². The Kier molecular flexibility index (Phi) is 4.45. The summed E-state index contributed by atoms with van der Waals surface area (Å²) in [6.45, 7) is 5.30. The van der Waals surface area contributed by atoms with E-state index in [1.54, 1.807) is 32.0 Å². The lowest BCUT2D eigenvalue weighted by Crippen LogP contribution is -2.54. The van der Waals surface area contributed by atoms with Crippen molar-refractivity contribution in [1.82, 2.24) is 15.2 Å². The first-order chi connectivity index (χ1) is 10.3. The van der Waals surface area contributed by atoms with Crippen LogP contribution in [0.3, 0.4) is 0 Å². The lowest BCUT2D eigenvalue weighted by molar-refractivity contribution is -0.139. The molecule has 0 aliphatic rings. The summed E-state index contributed by atoms with van der Waals surface area (Å²) in [6.07, 6.45) is 1.76. The minimum atomic E-state index is -0.918. The number of pyridine rings is 1. The average molecular weight is 299 g/mol. The van der Waals surface area contributed by atoms with Crippen molar-refractivity contribution in [3.8, 4) is 0 Å². The van der Waals surface area contributed by atoms with Crippen molar-refractivity contribution in [2.45, 2.75) is 32.9 Å². The van der Waals surface area contributed by atoms with Gasteiger partial charge in [-0.1, -0.05) is 12.1 Å². The number of hydrogen-bond donors (Lipinski definition) is 1. The molecule has 116 valence electrons. The number of benzene rings is 1. The van der Waals surface area contributed by atoms with Gasteiger partial charge >= 0.3 is 0 Å². The van der Waals surface area contributed by atoms with Crippen LogP contribution in [0.4, 0.5) is 0 Å². The van der Waals surface area contributed by atoms with Gasteiger partial charge in [0.05, 0.1) is 5.52 Å². The number of rotatable bonds is 4. The minimum Gasteiger partial charge on any atom is -0.342 e. The first-order valence-corrected chi connectivity index (χ1v) is 7.17. The number of carbonyl (C=O) groups excluding carboxylic acids is 2. The monoisotopic (exact) mass is 299 g/mol. The molecule has 1 N–H and O–H groups in total. The summed E-state index contributed by atoms with van der Waals surface area (Å²) in [4.78, 5) is 29.6. The molecule has 2 amide bonds. The van der Waals surface area contributed by atoms with Crippen LogP contribution in [0.25, 0.3) is 10.9 Å². The van der Waals surface area contributed by atoms with E-state index in [0.29, 0.717) is 6.54 Å². The summed E-state index contributed by atoms with van der Waals surface area (Å²) in [5, 5.41) is 3.72. The highest BCUT2D eigenvalue weighted by molar-refractivity contribution is 5.90. The third-order valence-corrected chi connectivity index (χ3v) is 3.46. The Morgan fingerprint density at radius 1 is 1.27 bits per heavy atom. The molecule has 2 aromatic rings. The summed E-state index contributed by atoms with van der Waals surface area (Å²) >= 11 is 0. The second kappa shape index (κ2) is 6.13. The average Bonchev–Trinajstić information content (AvgIpc) is 2.45. The molecular formula is C17H21N3O2. The Balaban J connectivity index is 2.14. The van der Waals surface area contributed by atoms with E-state index in [1.165, 1.54) is 6.92 Å². The maximum absolute atomic E-state index is 12.5. The topological polar surface area (TPSA) is 62.3 Å². The number of carbonyl (C=O) groups is 2. The van der Waals surface area contributed by atoms with Crippen LogP contribution in [0.2, 0.25) is 0 Å². The number of likely N-dealkylation sites (N-methyl/N-ethyl adjacent to an activating group) is 1. The lowest BCUT2D eigenvalue weighted by atomic mass is 10.0. The molecular weight excluding hydrogens is 278 g/mol. The lowest BCUT2D eigenvalue weighted by Gasteiger charge is -2.30. The molecule has 5 nitrogen and oxygen atoms in total. The minimum absolute atomic E-state index is 0.131. The number of nitrogens with zero attached hydrogens (tertiary/aromatic N) is 2. The fourth-order valence-corrected chi connectivity index (χ4v) is 2.54. The van der Waals surface area contributed by atoms with E-state index in [9.17, 15) is 9.59 Å². The summed E-state index contributed by atoms with van der Waals surface area (Å²) < 4.78 is 0. The third-order valence-electron chi connectivity index (χ3n) is 3.46. The van der Waals surface area contributed by atoms with Crippen molar-refractivity contribution in [3.63, 3.8) is 0 Å². The van der Waals surface area contributed by atoms with Gasteiger partial charge in [0, 0.05) is 32.1 Å². The van der Waals surface area contributed by atoms with E-state index in [4.69, 9.17) is 0 Å². The van der Waals surface area contributed by atoms with Crippen LogP contribution in [0.1, 0.15) is 26.3 Å². The molecule has 1 aromatic heterocycles. The number of fused-ring (bicyclic) bond motifs is 1. The molecule has 1 aromatic carbocycles. The van der Waals surface area contributed by atoms with Gasteiger partial charge in [0.1, 0.15) is 5.54 Å². The standard InChI is InChI=1S/C17H21N3O2/c1-12(21)19-17(2,3)16(22)20(4)11-13-7-8-15-14(10-13)6-5-9-18-15/h5-10H,11H2,1-4H3,(H,19,21). The smallest absolute Gasteiger partial charge is 0.247 e. The van der Waals surface area contributed by atoms with Gasteiger partial charge in [0.15, 0.2) is 0 Å². The Morgan fingerprint density at radius 3 is 2.68 bits per heavy atom. The van der Waals surface area contributed by atoms with Gasteiger partial charge < -0.3 is 10.2 Å². The van der Waals surface area contributed by atoms with Crippen LogP contribution in [0.15, 0.2) is 36.5 Å². The molecule has 5 heteroatoms. The summed E-state index contributed by atoms with van der Waals surface area (Å²) in [5.74, 6) is -0.350. The van der Waals surface area contributed by atoms with Crippen molar-refractivity contribution in [2.75, 3.05) is 7.05 Å². The molecule has 1 heterocycles. The molecule has 0 saturated heterocycles. The second-order valence-corrected chi connectivity index (χ2v) is 6.00. The number of nitrogens with one attached hydrogen (secondary N) is 1. The van der Waals surface area contributed by atoms with Crippen molar-refractivity contribution in [2.24, 2.45) is 0 Å². The zero-order chi connectivity index (χ0) is 16.3. The van der Waals surface area contributed by atoms with Crippen LogP contribution in [0.5, 0.6) is 0 Å². The van der Waals surface area contributed by atoms with Crippen molar-refractivity contribution in [1.29, 1.82) is 0 Å². The van der Waals surface area contributed by atoms with Gasteiger partial charge in [-0.15, -0.1) is 0 Å². The molecule has 0 radical (unpaired) electrons. The predicted octanol–water partition coefficient (Wildman–Crippen LogP) is 2.11. The fourth-order valence-electron chi connectivity index (χ4n) is 2.54. The molecule has 0 spiro atoms. The van der Waals surface area contributed by atoms with Crippen LogP contribution < -0.4 is 5.32 Å². The zero-order valence-electron chi connectivity index (χ0n) is 13.4. The number of aromatic nitrogens is 1. The predicted molar refractivity (Wildman–Crippen MR) is 86.1 cm³/mol. The molecule has 22 heavy (non-hydrogen) atoms. The van der Waals surface area contributed by atoms with E-state index in [2.05, 4.69) is 10.3 Å². The quantitative estimate of drug-likeness (QED) is 0.940. The van der Waals surface area contributed by atoms with Gasteiger partial charge in [-0.05, 0) is 37.6 Å². The number of hydrogen-bond acceptors (Lipinski definition) is 3. The highest BCUT2D eigenvalue weighted by atomic mass is 16.2. The normalized spacial score (nSPS) is 11.3. The van der Waals surface area contributed by atoms with Crippen LogP contribution in [-0.4, -0.2) is 34.3 Å². The Bertz CT molecular complexity index is 710. The maximum atomic E-state index is 12.5. The Morgan fingerprint density at radius 2 is 2.00 bits per heavy atom. The van der Waals surface area contributed by atoms with E-state index in [-0.39, 0.29) is 11.8 Å². The molecule has 0 aliphatic carbocycles.